The molecule has 3 nitrogen and oxygen atoms in total. The first-order valence-corrected chi connectivity index (χ1v) is 4.19. The Hall–Kier alpha value is -0.900. The molecule has 4 heteroatoms. The van der Waals surface area contributed by atoms with E-state index in [9.17, 15) is 9.18 Å². The molecule has 1 aliphatic rings. The van der Waals surface area contributed by atoms with E-state index in [1.54, 1.807) is 6.92 Å². The third-order valence-electron chi connectivity index (χ3n) is 1.91. The van der Waals surface area contributed by atoms with Gasteiger partial charge in [-0.25, -0.2) is 9.18 Å². The summed E-state index contributed by atoms with van der Waals surface area (Å²) in [5.41, 5.74) is 0.363. The molecular weight excluding hydrogens is 175 g/mol. The van der Waals surface area contributed by atoms with Gasteiger partial charge in [-0.1, -0.05) is 6.58 Å². The van der Waals surface area contributed by atoms with Gasteiger partial charge in [0.1, 0.15) is 0 Å². The number of hydrogen-bond acceptors (Lipinski definition) is 3. The predicted molar refractivity (Wildman–Crippen MR) is 44.7 cm³/mol. The van der Waals surface area contributed by atoms with E-state index < -0.39 is 12.3 Å². The van der Waals surface area contributed by atoms with Crippen molar-refractivity contribution in [2.75, 3.05) is 13.2 Å². The Labute approximate surface area is 76.5 Å². The van der Waals surface area contributed by atoms with Crippen LogP contribution in [-0.2, 0) is 14.3 Å². The molecular formula is C9H13FO3. The van der Waals surface area contributed by atoms with Crippen LogP contribution >= 0.6 is 0 Å². The summed E-state index contributed by atoms with van der Waals surface area (Å²) in [6, 6.07) is 0. The molecule has 2 atom stereocenters. The highest BCUT2D eigenvalue weighted by atomic mass is 19.1. The summed E-state index contributed by atoms with van der Waals surface area (Å²) in [6.07, 6.45) is -0.663. The summed E-state index contributed by atoms with van der Waals surface area (Å²) in [7, 11) is 0. The maximum Gasteiger partial charge on any atom is 0.333 e. The highest BCUT2D eigenvalue weighted by molar-refractivity contribution is 5.86. The van der Waals surface area contributed by atoms with Gasteiger partial charge in [0.05, 0.1) is 13.2 Å². The normalized spacial score (nSPS) is 26.3. The minimum absolute atomic E-state index is 0.113. The van der Waals surface area contributed by atoms with E-state index in [2.05, 4.69) is 11.3 Å². The van der Waals surface area contributed by atoms with Crippen molar-refractivity contribution in [3.63, 3.8) is 0 Å². The van der Waals surface area contributed by atoms with Crippen LogP contribution < -0.4 is 0 Å². The molecule has 0 aromatic carbocycles. The summed E-state index contributed by atoms with van der Waals surface area (Å²) >= 11 is 0. The molecule has 13 heavy (non-hydrogen) atoms. The third kappa shape index (κ3) is 2.81. The minimum atomic E-state index is -1.18. The monoisotopic (exact) mass is 188 g/mol. The van der Waals surface area contributed by atoms with Gasteiger partial charge in [0.15, 0.2) is 0 Å². The average molecular weight is 188 g/mol. The standard InChI is InChI=1S/C9H13FO3/c1-6(2)9(11)12-4-3-7-5-13-8(7)10/h7-8H,1,3-5H2,2H3. The second kappa shape index (κ2) is 4.37. The zero-order valence-electron chi connectivity index (χ0n) is 7.59. The maximum atomic E-state index is 12.5. The SMILES string of the molecule is C=C(C)C(=O)OCCC1COC1F. The van der Waals surface area contributed by atoms with Crippen molar-refractivity contribution in [1.29, 1.82) is 0 Å². The van der Waals surface area contributed by atoms with Crippen molar-refractivity contribution in [3.8, 4) is 0 Å². The first-order valence-electron chi connectivity index (χ1n) is 4.19. The summed E-state index contributed by atoms with van der Waals surface area (Å²) in [4.78, 5) is 10.9. The lowest BCUT2D eigenvalue weighted by Gasteiger charge is -2.30. The van der Waals surface area contributed by atoms with E-state index in [-0.39, 0.29) is 12.5 Å². The van der Waals surface area contributed by atoms with Gasteiger partial charge in [-0.2, -0.15) is 0 Å². The van der Waals surface area contributed by atoms with Crippen LogP contribution in [0.3, 0.4) is 0 Å². The van der Waals surface area contributed by atoms with Crippen molar-refractivity contribution in [2.24, 2.45) is 5.92 Å². The number of carbonyl (C=O) groups excluding carboxylic acids is 1. The lowest BCUT2D eigenvalue weighted by molar-refractivity contribution is -0.193. The zero-order valence-corrected chi connectivity index (χ0v) is 7.59. The molecule has 0 amide bonds. The Balaban J connectivity index is 2.07. The summed E-state index contributed by atoms with van der Waals surface area (Å²) in [5, 5.41) is 0. The van der Waals surface area contributed by atoms with Crippen LogP contribution in [0.15, 0.2) is 12.2 Å². The van der Waals surface area contributed by atoms with E-state index in [4.69, 9.17) is 4.74 Å². The highest BCUT2D eigenvalue weighted by Crippen LogP contribution is 2.24. The van der Waals surface area contributed by atoms with Crippen molar-refractivity contribution in [1.82, 2.24) is 0 Å². The number of ether oxygens (including phenoxy) is 2. The molecule has 0 N–H and O–H groups in total. The summed E-state index contributed by atoms with van der Waals surface area (Å²) in [6.45, 7) is 5.66. The second-order valence-electron chi connectivity index (χ2n) is 3.15. The number of halogens is 1. The van der Waals surface area contributed by atoms with Gasteiger partial charge in [-0.05, 0) is 13.3 Å². The molecule has 0 spiro atoms. The molecule has 0 bridgehead atoms. The Morgan fingerprint density at radius 2 is 2.46 bits per heavy atom. The first-order chi connectivity index (χ1) is 6.11. The van der Waals surface area contributed by atoms with Crippen molar-refractivity contribution < 1.29 is 18.7 Å². The van der Waals surface area contributed by atoms with E-state index in [1.807, 2.05) is 0 Å². The van der Waals surface area contributed by atoms with Crippen molar-refractivity contribution in [3.05, 3.63) is 12.2 Å². The summed E-state index contributed by atoms with van der Waals surface area (Å²) in [5.74, 6) is -0.534. The van der Waals surface area contributed by atoms with Gasteiger partial charge in [0.2, 0.25) is 6.36 Å². The molecule has 1 heterocycles. The molecule has 2 unspecified atom stereocenters. The van der Waals surface area contributed by atoms with E-state index in [1.165, 1.54) is 0 Å². The van der Waals surface area contributed by atoms with Crippen LogP contribution in [0.4, 0.5) is 4.39 Å². The number of alkyl halides is 1. The highest BCUT2D eigenvalue weighted by Gasteiger charge is 2.31. The predicted octanol–water partition coefficient (Wildman–Crippen LogP) is 1.44. The Kier molecular flexibility index (Phi) is 3.42. The van der Waals surface area contributed by atoms with Crippen LogP contribution in [0.5, 0.6) is 0 Å². The lowest BCUT2D eigenvalue weighted by atomic mass is 10.0. The van der Waals surface area contributed by atoms with Gasteiger partial charge in [0, 0.05) is 11.5 Å². The Bertz CT molecular complexity index is 215. The van der Waals surface area contributed by atoms with Gasteiger partial charge in [0.25, 0.3) is 0 Å². The molecule has 0 aromatic rings. The van der Waals surface area contributed by atoms with Crippen LogP contribution in [0.2, 0.25) is 0 Å². The fourth-order valence-corrected chi connectivity index (χ4v) is 0.946. The van der Waals surface area contributed by atoms with Crippen LogP contribution in [0.25, 0.3) is 0 Å². The molecule has 1 rings (SSSR count). The van der Waals surface area contributed by atoms with Crippen molar-refractivity contribution >= 4 is 5.97 Å². The molecule has 1 fully saturated rings. The smallest absolute Gasteiger partial charge is 0.333 e. The van der Waals surface area contributed by atoms with Gasteiger partial charge < -0.3 is 9.47 Å². The fourth-order valence-electron chi connectivity index (χ4n) is 0.946. The van der Waals surface area contributed by atoms with Crippen LogP contribution in [0.1, 0.15) is 13.3 Å². The number of rotatable bonds is 4. The van der Waals surface area contributed by atoms with Crippen molar-refractivity contribution in [2.45, 2.75) is 19.7 Å². The molecule has 0 saturated carbocycles. The number of esters is 1. The molecule has 1 saturated heterocycles. The second-order valence-corrected chi connectivity index (χ2v) is 3.15. The average Bonchev–Trinajstić information content (AvgIpc) is 2.09. The van der Waals surface area contributed by atoms with E-state index >= 15 is 0 Å². The maximum absolute atomic E-state index is 12.5. The van der Waals surface area contributed by atoms with Crippen LogP contribution in [0, 0.1) is 5.92 Å². The quantitative estimate of drug-likeness (QED) is 0.494. The van der Waals surface area contributed by atoms with Crippen LogP contribution in [-0.4, -0.2) is 25.5 Å². The first kappa shape index (κ1) is 10.2. The van der Waals surface area contributed by atoms with Gasteiger partial charge >= 0.3 is 5.97 Å². The Morgan fingerprint density at radius 1 is 1.77 bits per heavy atom. The van der Waals surface area contributed by atoms with E-state index in [0.29, 0.717) is 18.6 Å². The fraction of sp³-hybridized carbons (Fsp3) is 0.667. The molecule has 0 radical (unpaired) electrons. The largest absolute Gasteiger partial charge is 0.462 e. The molecule has 1 aliphatic heterocycles. The third-order valence-corrected chi connectivity index (χ3v) is 1.91. The molecule has 74 valence electrons. The van der Waals surface area contributed by atoms with E-state index in [0.717, 1.165) is 0 Å². The number of carbonyl (C=O) groups is 1. The minimum Gasteiger partial charge on any atom is -0.462 e. The zero-order chi connectivity index (χ0) is 9.84. The topological polar surface area (TPSA) is 35.5 Å². The Morgan fingerprint density at radius 3 is 2.85 bits per heavy atom. The molecule has 0 aromatic heterocycles. The van der Waals surface area contributed by atoms with Gasteiger partial charge in [-0.3, -0.25) is 0 Å². The number of hydrogen-bond donors (Lipinski definition) is 0. The molecule has 0 aliphatic carbocycles. The van der Waals surface area contributed by atoms with Gasteiger partial charge in [-0.15, -0.1) is 0 Å². The summed E-state index contributed by atoms with van der Waals surface area (Å²) < 4.78 is 21.8. The lowest BCUT2D eigenvalue weighted by Crippen LogP contribution is -2.36.